The van der Waals surface area contributed by atoms with E-state index in [1.54, 1.807) is 31.4 Å². The lowest BCUT2D eigenvalue weighted by Gasteiger charge is -2.23. The van der Waals surface area contributed by atoms with E-state index in [2.05, 4.69) is 78.8 Å². The molecule has 0 aliphatic rings. The highest BCUT2D eigenvalue weighted by molar-refractivity contribution is 5.95. The number of anilines is 1. The summed E-state index contributed by atoms with van der Waals surface area (Å²) in [6.45, 7) is 13.7. The number of benzene rings is 2. The van der Waals surface area contributed by atoms with Gasteiger partial charge in [-0.1, -0.05) is 92.2 Å². The maximum atomic E-state index is 12.0. The van der Waals surface area contributed by atoms with Crippen molar-refractivity contribution in [2.24, 2.45) is 10.4 Å². The van der Waals surface area contributed by atoms with Crippen LogP contribution < -0.4 is 16.0 Å². The Balaban J connectivity index is 0.000000640. The molecule has 0 fully saturated rings. The normalized spacial score (nSPS) is 10.1. The number of amides is 1. The van der Waals surface area contributed by atoms with Gasteiger partial charge >= 0.3 is 0 Å². The van der Waals surface area contributed by atoms with E-state index in [4.69, 9.17) is 0 Å². The van der Waals surface area contributed by atoms with Gasteiger partial charge in [-0.3, -0.25) is 4.79 Å². The predicted molar refractivity (Wildman–Crippen MR) is 162 cm³/mol. The van der Waals surface area contributed by atoms with Crippen LogP contribution >= 0.6 is 0 Å². The molecule has 0 radical (unpaired) electrons. The van der Waals surface area contributed by atoms with E-state index in [9.17, 15) is 19.7 Å². The lowest BCUT2D eigenvalue weighted by atomic mass is 10.1. The standard InChI is InChI=1S/C12H16N4O4.C11H15N.C7H16/c1-8-5-9(3-4-10(8)13-2)11(17)16-12(18,6-14-19)7-15-20;1-4-12-8-11-6-9(2)5-10(3)7-11;1-3-5-7-6-4-2/h3-5,13,18H,6-7H2,1-2H3,(H,16,17);4-7,12H,1,8H2,2-3H3;3-7H2,1-2H3. The highest BCUT2D eigenvalue weighted by Crippen LogP contribution is 2.16. The summed E-state index contributed by atoms with van der Waals surface area (Å²) in [5.41, 5.74) is 3.87. The van der Waals surface area contributed by atoms with Gasteiger partial charge in [0.2, 0.25) is 0 Å². The summed E-state index contributed by atoms with van der Waals surface area (Å²) in [6, 6.07) is 11.4. The highest BCUT2D eigenvalue weighted by Gasteiger charge is 2.30. The Morgan fingerprint density at radius 3 is 1.95 bits per heavy atom. The SMILES string of the molecule is C=CNCc1cc(C)cc(C)c1.CCCCCCC.CNc1ccc(C(=O)NC(O)(CN=O)CN=O)cc1C. The molecule has 4 N–H and O–H groups in total. The summed E-state index contributed by atoms with van der Waals surface area (Å²) in [4.78, 5) is 32.5. The molecule has 0 saturated carbocycles. The van der Waals surface area contributed by atoms with Gasteiger partial charge in [0, 0.05) is 24.8 Å². The summed E-state index contributed by atoms with van der Waals surface area (Å²) in [7, 11) is 1.76. The second kappa shape index (κ2) is 20.4. The van der Waals surface area contributed by atoms with E-state index in [-0.39, 0.29) is 5.56 Å². The molecule has 2 aromatic rings. The molecule has 216 valence electrons. The number of aryl methyl sites for hydroxylation is 3. The van der Waals surface area contributed by atoms with Crippen molar-refractivity contribution >= 4 is 11.6 Å². The van der Waals surface area contributed by atoms with Crippen molar-refractivity contribution in [2.75, 3.05) is 25.5 Å². The molecule has 0 unspecified atom stereocenters. The van der Waals surface area contributed by atoms with Crippen LogP contribution in [0.4, 0.5) is 5.69 Å². The molecule has 9 nitrogen and oxygen atoms in total. The van der Waals surface area contributed by atoms with Crippen LogP contribution in [0.5, 0.6) is 0 Å². The van der Waals surface area contributed by atoms with Crippen LogP contribution in [0.1, 0.15) is 78.6 Å². The maximum Gasteiger partial charge on any atom is 0.253 e. The molecule has 0 aliphatic heterocycles. The Morgan fingerprint density at radius 2 is 1.51 bits per heavy atom. The van der Waals surface area contributed by atoms with Crippen molar-refractivity contribution in [1.29, 1.82) is 0 Å². The summed E-state index contributed by atoms with van der Waals surface area (Å²) in [5, 5.41) is 23.1. The quantitative estimate of drug-likeness (QED) is 0.123. The molecule has 0 atom stereocenters. The molecule has 0 bridgehead atoms. The molecule has 0 aliphatic carbocycles. The molecule has 2 rings (SSSR count). The number of carbonyl (C=O) groups is 1. The van der Waals surface area contributed by atoms with Crippen LogP contribution in [-0.4, -0.2) is 36.9 Å². The zero-order valence-corrected chi connectivity index (χ0v) is 24.5. The molecule has 0 spiro atoms. The van der Waals surface area contributed by atoms with E-state index in [0.717, 1.165) is 17.8 Å². The molecular weight excluding hydrogens is 494 g/mol. The van der Waals surface area contributed by atoms with E-state index in [0.29, 0.717) is 0 Å². The smallest absolute Gasteiger partial charge is 0.253 e. The first-order valence-corrected chi connectivity index (χ1v) is 13.4. The van der Waals surface area contributed by atoms with Gasteiger partial charge < -0.3 is 21.1 Å². The molecule has 1 amide bonds. The molecule has 0 heterocycles. The monoisotopic (exact) mass is 541 g/mol. The van der Waals surface area contributed by atoms with Crippen LogP contribution in [0.25, 0.3) is 0 Å². The van der Waals surface area contributed by atoms with Crippen LogP contribution in [0, 0.1) is 30.6 Å². The van der Waals surface area contributed by atoms with Gasteiger partial charge in [0.25, 0.3) is 5.91 Å². The molecule has 2 aromatic carbocycles. The van der Waals surface area contributed by atoms with Gasteiger partial charge in [0.1, 0.15) is 13.1 Å². The highest BCUT2D eigenvalue weighted by atomic mass is 16.3. The first kappa shape index (κ1) is 35.4. The Morgan fingerprint density at radius 1 is 0.949 bits per heavy atom. The van der Waals surface area contributed by atoms with Crippen LogP contribution in [0.15, 0.2) is 59.5 Å². The van der Waals surface area contributed by atoms with Crippen LogP contribution in [-0.2, 0) is 6.54 Å². The summed E-state index contributed by atoms with van der Waals surface area (Å²) in [5.74, 6) is -0.620. The van der Waals surface area contributed by atoms with Gasteiger partial charge in [-0.2, -0.15) is 9.81 Å². The maximum absolute atomic E-state index is 12.0. The Labute approximate surface area is 233 Å². The first-order chi connectivity index (χ1) is 18.6. The number of unbranched alkanes of at least 4 members (excludes halogenated alkanes) is 4. The predicted octanol–water partition coefficient (Wildman–Crippen LogP) is 6.50. The number of nitroso groups, excluding NO2 is 2. The fourth-order valence-corrected chi connectivity index (χ4v) is 3.75. The minimum absolute atomic E-state index is 0.289. The fraction of sp³-hybridized carbons (Fsp3) is 0.500. The topological polar surface area (TPSA) is 132 Å². The Hall–Kier alpha value is -3.59. The lowest BCUT2D eigenvalue weighted by Crippen LogP contribution is -2.53. The Kier molecular flexibility index (Phi) is 18.5. The number of rotatable bonds is 14. The summed E-state index contributed by atoms with van der Waals surface area (Å²) < 4.78 is 0. The third kappa shape index (κ3) is 15.4. The van der Waals surface area contributed by atoms with E-state index in [1.807, 2.05) is 6.92 Å². The van der Waals surface area contributed by atoms with Gasteiger partial charge in [-0.25, -0.2) is 0 Å². The van der Waals surface area contributed by atoms with Crippen molar-refractivity contribution in [1.82, 2.24) is 10.6 Å². The molecule has 0 saturated heterocycles. The number of aliphatic hydroxyl groups is 1. The van der Waals surface area contributed by atoms with Gasteiger partial charge in [0.05, 0.1) is 0 Å². The number of nitrogens with zero attached hydrogens (tertiary/aromatic N) is 2. The van der Waals surface area contributed by atoms with Crippen molar-refractivity contribution in [2.45, 2.75) is 79.0 Å². The number of carbonyl (C=O) groups excluding carboxylic acids is 1. The average Bonchev–Trinajstić information content (AvgIpc) is 2.88. The molecular formula is C30H47N5O4. The minimum Gasteiger partial charge on any atom is -0.388 e. The largest absolute Gasteiger partial charge is 0.388 e. The first-order valence-electron chi connectivity index (χ1n) is 13.4. The molecule has 39 heavy (non-hydrogen) atoms. The summed E-state index contributed by atoms with van der Waals surface area (Å²) >= 11 is 0. The summed E-state index contributed by atoms with van der Waals surface area (Å²) in [6.07, 6.45) is 8.73. The van der Waals surface area contributed by atoms with E-state index >= 15 is 0 Å². The van der Waals surface area contributed by atoms with E-state index < -0.39 is 24.7 Å². The molecule has 0 aromatic heterocycles. The van der Waals surface area contributed by atoms with Crippen LogP contribution in [0.2, 0.25) is 0 Å². The number of hydrogen-bond acceptors (Lipinski definition) is 8. The zero-order chi connectivity index (χ0) is 29.7. The van der Waals surface area contributed by atoms with Crippen LogP contribution in [0.3, 0.4) is 0 Å². The van der Waals surface area contributed by atoms with Crippen molar-refractivity contribution < 1.29 is 9.90 Å². The third-order valence-corrected chi connectivity index (χ3v) is 5.70. The van der Waals surface area contributed by atoms with Gasteiger partial charge in [-0.05, 0) is 56.3 Å². The van der Waals surface area contributed by atoms with Crippen molar-refractivity contribution in [3.8, 4) is 0 Å². The second-order valence-electron chi connectivity index (χ2n) is 9.48. The Bertz CT molecular complexity index is 992. The lowest BCUT2D eigenvalue weighted by molar-refractivity contribution is 0.0223. The third-order valence-electron chi connectivity index (χ3n) is 5.70. The second-order valence-corrected chi connectivity index (χ2v) is 9.48. The van der Waals surface area contributed by atoms with E-state index in [1.165, 1.54) is 48.8 Å². The number of nitrogens with one attached hydrogen (secondary N) is 3. The minimum atomic E-state index is -2.06. The number of hydrogen-bond donors (Lipinski definition) is 4. The fourth-order valence-electron chi connectivity index (χ4n) is 3.75. The average molecular weight is 542 g/mol. The van der Waals surface area contributed by atoms with Gasteiger partial charge in [0.15, 0.2) is 5.72 Å². The molecule has 9 heteroatoms. The van der Waals surface area contributed by atoms with Gasteiger partial charge in [-0.15, -0.1) is 0 Å². The van der Waals surface area contributed by atoms with Crippen molar-refractivity contribution in [3.05, 3.63) is 86.8 Å². The zero-order valence-electron chi connectivity index (χ0n) is 24.5. The van der Waals surface area contributed by atoms with Crippen molar-refractivity contribution in [3.63, 3.8) is 0 Å².